The molecular formula is C17H29N3O4. The summed E-state index contributed by atoms with van der Waals surface area (Å²) in [5.41, 5.74) is 0. The van der Waals surface area contributed by atoms with Gasteiger partial charge in [0, 0.05) is 45.2 Å². The van der Waals surface area contributed by atoms with Crippen LogP contribution in [-0.2, 0) is 9.59 Å². The van der Waals surface area contributed by atoms with E-state index in [4.69, 9.17) is 5.11 Å². The normalized spacial score (nSPS) is 24.6. The van der Waals surface area contributed by atoms with Gasteiger partial charge in [-0.3, -0.25) is 9.59 Å². The lowest BCUT2D eigenvalue weighted by Gasteiger charge is -2.39. The van der Waals surface area contributed by atoms with Gasteiger partial charge in [0.2, 0.25) is 5.91 Å². The molecule has 24 heavy (non-hydrogen) atoms. The van der Waals surface area contributed by atoms with E-state index in [1.807, 2.05) is 23.6 Å². The first-order valence-electron chi connectivity index (χ1n) is 9.03. The minimum Gasteiger partial charge on any atom is -0.481 e. The number of urea groups is 1. The molecule has 2 rings (SSSR count). The number of carbonyl (C=O) groups is 3. The minimum absolute atomic E-state index is 0.0501. The fraction of sp³-hybridized carbons (Fsp3) is 0.824. The molecule has 1 saturated heterocycles. The van der Waals surface area contributed by atoms with E-state index in [0.29, 0.717) is 65.0 Å². The summed E-state index contributed by atoms with van der Waals surface area (Å²) in [6.45, 7) is 7.62. The molecule has 0 unspecified atom stereocenters. The number of carboxylic acids is 1. The number of aliphatic carboxylic acids is 1. The maximum Gasteiger partial charge on any atom is 0.320 e. The molecule has 7 nitrogen and oxygen atoms in total. The van der Waals surface area contributed by atoms with Gasteiger partial charge in [-0.15, -0.1) is 0 Å². The lowest BCUT2D eigenvalue weighted by Crippen LogP contribution is -2.55. The van der Waals surface area contributed by atoms with Gasteiger partial charge in [-0.2, -0.15) is 0 Å². The largest absolute Gasteiger partial charge is 0.481 e. The molecule has 1 saturated carbocycles. The Morgan fingerprint density at radius 3 is 1.79 bits per heavy atom. The average molecular weight is 339 g/mol. The fourth-order valence-corrected chi connectivity index (χ4v) is 3.66. The highest BCUT2D eigenvalue weighted by Gasteiger charge is 2.34. The second kappa shape index (κ2) is 8.35. The van der Waals surface area contributed by atoms with Crippen LogP contribution in [0.2, 0.25) is 0 Å². The summed E-state index contributed by atoms with van der Waals surface area (Å²) in [6, 6.07) is 0.0501. The van der Waals surface area contributed by atoms with E-state index in [1.54, 1.807) is 4.90 Å². The standard InChI is InChI=1S/C17H29N3O4/c1-3-18(4-2)17(24)20-11-9-19(10-12-20)15(21)13-5-7-14(8-6-13)16(22)23/h13-14H,3-12H2,1-2H3,(H,22,23). The molecule has 7 heteroatoms. The van der Waals surface area contributed by atoms with Crippen molar-refractivity contribution in [3.63, 3.8) is 0 Å². The molecule has 3 amide bonds. The second-order valence-electron chi connectivity index (χ2n) is 6.65. The summed E-state index contributed by atoms with van der Waals surface area (Å²) in [4.78, 5) is 41.4. The Hall–Kier alpha value is -1.79. The summed E-state index contributed by atoms with van der Waals surface area (Å²) in [5, 5.41) is 9.04. The smallest absolute Gasteiger partial charge is 0.320 e. The van der Waals surface area contributed by atoms with Crippen molar-refractivity contribution in [2.75, 3.05) is 39.3 Å². The van der Waals surface area contributed by atoms with Gasteiger partial charge in [0.15, 0.2) is 0 Å². The zero-order chi connectivity index (χ0) is 17.7. The maximum absolute atomic E-state index is 12.6. The second-order valence-corrected chi connectivity index (χ2v) is 6.65. The highest BCUT2D eigenvalue weighted by molar-refractivity contribution is 5.80. The van der Waals surface area contributed by atoms with Gasteiger partial charge >= 0.3 is 12.0 Å². The third kappa shape index (κ3) is 4.19. The molecule has 0 aromatic rings. The van der Waals surface area contributed by atoms with Crippen LogP contribution in [-0.4, -0.2) is 77.0 Å². The van der Waals surface area contributed by atoms with E-state index >= 15 is 0 Å². The number of carbonyl (C=O) groups excluding carboxylic acids is 2. The van der Waals surface area contributed by atoms with E-state index < -0.39 is 5.97 Å². The Balaban J connectivity index is 1.81. The molecular weight excluding hydrogens is 310 g/mol. The van der Waals surface area contributed by atoms with Gasteiger partial charge in [-0.25, -0.2) is 4.79 Å². The van der Waals surface area contributed by atoms with E-state index in [1.165, 1.54) is 0 Å². The summed E-state index contributed by atoms with van der Waals surface area (Å²) in [5.74, 6) is -0.957. The molecule has 1 aliphatic carbocycles. The Bertz CT molecular complexity index is 462. The number of nitrogens with zero attached hydrogens (tertiary/aromatic N) is 3. The van der Waals surface area contributed by atoms with Crippen LogP contribution in [0.25, 0.3) is 0 Å². The van der Waals surface area contributed by atoms with Gasteiger partial charge < -0.3 is 19.8 Å². The predicted octanol–water partition coefficient (Wildman–Crippen LogP) is 1.48. The third-order valence-corrected chi connectivity index (χ3v) is 5.32. The minimum atomic E-state index is -0.746. The predicted molar refractivity (Wildman–Crippen MR) is 89.6 cm³/mol. The van der Waals surface area contributed by atoms with Gasteiger partial charge in [0.05, 0.1) is 5.92 Å². The zero-order valence-electron chi connectivity index (χ0n) is 14.7. The molecule has 0 aromatic heterocycles. The van der Waals surface area contributed by atoms with Gasteiger partial charge in [-0.1, -0.05) is 0 Å². The Kier molecular flexibility index (Phi) is 6.45. The van der Waals surface area contributed by atoms with Crippen LogP contribution in [0.3, 0.4) is 0 Å². The molecule has 0 atom stereocenters. The fourth-order valence-electron chi connectivity index (χ4n) is 3.66. The van der Waals surface area contributed by atoms with Crippen LogP contribution >= 0.6 is 0 Å². The summed E-state index contributed by atoms with van der Waals surface area (Å²) in [6.07, 6.45) is 2.50. The Labute approximate surface area is 143 Å². The summed E-state index contributed by atoms with van der Waals surface area (Å²) in [7, 11) is 0. The quantitative estimate of drug-likeness (QED) is 0.841. The van der Waals surface area contributed by atoms with E-state index in [2.05, 4.69) is 0 Å². The highest BCUT2D eigenvalue weighted by atomic mass is 16.4. The molecule has 0 bridgehead atoms. The average Bonchev–Trinajstić information content (AvgIpc) is 2.62. The van der Waals surface area contributed by atoms with Crippen LogP contribution in [0, 0.1) is 11.8 Å². The first kappa shape index (κ1) is 18.5. The van der Waals surface area contributed by atoms with Crippen molar-refractivity contribution in [3.05, 3.63) is 0 Å². The molecule has 0 radical (unpaired) electrons. The number of amides is 3. The van der Waals surface area contributed by atoms with Crippen molar-refractivity contribution in [1.82, 2.24) is 14.7 Å². The van der Waals surface area contributed by atoms with E-state index in [0.717, 1.165) is 0 Å². The molecule has 1 N–H and O–H groups in total. The van der Waals surface area contributed by atoms with Crippen molar-refractivity contribution in [3.8, 4) is 0 Å². The molecule has 2 fully saturated rings. The van der Waals surface area contributed by atoms with Gasteiger partial charge in [0.1, 0.15) is 0 Å². The molecule has 0 aromatic carbocycles. The third-order valence-electron chi connectivity index (χ3n) is 5.32. The summed E-state index contributed by atoms with van der Waals surface area (Å²) >= 11 is 0. The lowest BCUT2D eigenvalue weighted by molar-refractivity contribution is -0.146. The van der Waals surface area contributed by atoms with Crippen molar-refractivity contribution >= 4 is 17.9 Å². The van der Waals surface area contributed by atoms with Crippen LogP contribution in [0.15, 0.2) is 0 Å². The van der Waals surface area contributed by atoms with Crippen LogP contribution < -0.4 is 0 Å². The molecule has 1 heterocycles. The highest BCUT2D eigenvalue weighted by Crippen LogP contribution is 2.30. The van der Waals surface area contributed by atoms with Crippen LogP contribution in [0.1, 0.15) is 39.5 Å². The first-order chi connectivity index (χ1) is 11.5. The number of rotatable bonds is 4. The van der Waals surface area contributed by atoms with Gasteiger partial charge in [0.25, 0.3) is 0 Å². The lowest BCUT2D eigenvalue weighted by atomic mass is 9.81. The molecule has 2 aliphatic rings. The van der Waals surface area contributed by atoms with Crippen molar-refractivity contribution in [2.24, 2.45) is 11.8 Å². The molecule has 1 aliphatic heterocycles. The first-order valence-corrected chi connectivity index (χ1v) is 9.03. The van der Waals surface area contributed by atoms with E-state index in [9.17, 15) is 14.4 Å². The number of hydrogen-bond acceptors (Lipinski definition) is 3. The van der Waals surface area contributed by atoms with Gasteiger partial charge in [-0.05, 0) is 39.5 Å². The number of piperazine rings is 1. The molecule has 0 spiro atoms. The van der Waals surface area contributed by atoms with Crippen LogP contribution in [0.4, 0.5) is 4.79 Å². The zero-order valence-corrected chi connectivity index (χ0v) is 14.7. The van der Waals surface area contributed by atoms with Crippen molar-refractivity contribution < 1.29 is 19.5 Å². The van der Waals surface area contributed by atoms with Crippen molar-refractivity contribution in [2.45, 2.75) is 39.5 Å². The Morgan fingerprint density at radius 2 is 1.33 bits per heavy atom. The number of carboxylic acid groups (broad SMARTS) is 1. The topological polar surface area (TPSA) is 81.2 Å². The molecule has 136 valence electrons. The maximum atomic E-state index is 12.6. The monoisotopic (exact) mass is 339 g/mol. The van der Waals surface area contributed by atoms with Crippen LogP contribution in [0.5, 0.6) is 0 Å². The van der Waals surface area contributed by atoms with E-state index in [-0.39, 0.29) is 23.8 Å². The Morgan fingerprint density at radius 1 is 0.875 bits per heavy atom. The number of hydrogen-bond donors (Lipinski definition) is 1. The van der Waals surface area contributed by atoms with Crippen molar-refractivity contribution in [1.29, 1.82) is 0 Å². The SMILES string of the molecule is CCN(CC)C(=O)N1CCN(C(=O)C2CCC(C(=O)O)CC2)CC1. The summed E-state index contributed by atoms with van der Waals surface area (Å²) < 4.78 is 0.